The number of aryl methyl sites for hydroxylation is 1. The lowest BCUT2D eigenvalue weighted by atomic mass is 9.92. The fraction of sp³-hybridized carbons (Fsp3) is 0.426. The van der Waals surface area contributed by atoms with Crippen molar-refractivity contribution in [2.24, 2.45) is 17.6 Å². The van der Waals surface area contributed by atoms with E-state index in [0.717, 1.165) is 23.0 Å². The molecule has 2 saturated heterocycles. The van der Waals surface area contributed by atoms with Crippen molar-refractivity contribution in [1.82, 2.24) is 46.7 Å². The molecule has 0 saturated carbocycles. The number of benzene rings is 4. The van der Waals surface area contributed by atoms with Gasteiger partial charge < -0.3 is 57.5 Å². The molecule has 4 aromatic carbocycles. The second-order valence-corrected chi connectivity index (χ2v) is 22.1. The Bertz CT molecular complexity index is 3190. The summed E-state index contributed by atoms with van der Waals surface area (Å²) >= 11 is 0. The van der Waals surface area contributed by atoms with Gasteiger partial charge in [-0.3, -0.25) is 38.4 Å². The molecule has 5 aromatic rings. The minimum absolute atomic E-state index is 0.0125. The molecule has 0 unspecified atom stereocenters. The molecule has 10 N–H and O–H groups in total. The summed E-state index contributed by atoms with van der Waals surface area (Å²) in [6.07, 6.45) is -3.62. The van der Waals surface area contributed by atoms with Gasteiger partial charge in [-0.15, -0.1) is 0 Å². The van der Waals surface area contributed by atoms with E-state index in [1.165, 1.54) is 42.0 Å². The molecule has 0 bridgehead atoms. The van der Waals surface area contributed by atoms with Crippen LogP contribution in [-0.4, -0.2) is 136 Å². The van der Waals surface area contributed by atoms with Gasteiger partial charge in [0.2, 0.25) is 35.4 Å². The van der Waals surface area contributed by atoms with Gasteiger partial charge in [-0.05, 0) is 97.5 Å². The number of carbonyl (C=O) groups is 9. The Morgan fingerprint density at radius 1 is 0.786 bits per heavy atom. The predicted octanol–water partition coefficient (Wildman–Crippen LogP) is 4.43. The molecule has 1 aromatic heterocycles. The monoisotopic (exact) mass is 1160 g/mol. The number of carbonyl (C=O) groups excluding carboxylic acids is 9. The maximum absolute atomic E-state index is 15.0. The first-order valence-corrected chi connectivity index (χ1v) is 28.1. The van der Waals surface area contributed by atoms with Crippen molar-refractivity contribution in [2.75, 3.05) is 26.7 Å². The zero-order valence-corrected chi connectivity index (χ0v) is 47.4. The molecule has 23 heteroatoms. The highest BCUT2D eigenvalue weighted by molar-refractivity contribution is 5.98. The number of amides is 8. The number of aromatic hydroxyl groups is 1. The summed E-state index contributed by atoms with van der Waals surface area (Å²) in [7, 11) is 1.42. The summed E-state index contributed by atoms with van der Waals surface area (Å²) in [6.45, 7) is 4.00. The Morgan fingerprint density at radius 3 is 2.20 bits per heavy atom. The largest absolute Gasteiger partial charge is 0.508 e. The van der Waals surface area contributed by atoms with Gasteiger partial charge in [-0.1, -0.05) is 86.1 Å². The molecule has 2 fully saturated rings. The summed E-state index contributed by atoms with van der Waals surface area (Å²) in [5, 5.41) is 26.5. The first-order chi connectivity index (χ1) is 39.9. The third-order valence-electron chi connectivity index (χ3n) is 15.1. The Labute approximate surface area is 484 Å². The van der Waals surface area contributed by atoms with Crippen molar-refractivity contribution < 1.29 is 61.4 Å². The number of hydrogen-bond donors (Lipinski definition) is 9. The topological polar surface area (TPSA) is 294 Å². The third kappa shape index (κ3) is 17.2. The second kappa shape index (κ2) is 28.6. The summed E-state index contributed by atoms with van der Waals surface area (Å²) in [6, 6.07) is 17.4. The third-order valence-corrected chi connectivity index (χ3v) is 15.1. The molecule has 0 spiro atoms. The number of para-hydroxylation sites is 1. The summed E-state index contributed by atoms with van der Waals surface area (Å²) in [5.74, 6) is -6.80. The van der Waals surface area contributed by atoms with E-state index in [9.17, 15) is 61.4 Å². The van der Waals surface area contributed by atoms with Crippen molar-refractivity contribution in [3.05, 3.63) is 137 Å². The number of halogens is 3. The van der Waals surface area contributed by atoms with E-state index in [-0.39, 0.29) is 75.3 Å². The van der Waals surface area contributed by atoms with E-state index in [0.29, 0.717) is 28.7 Å². The molecule has 7 atom stereocenters. The van der Waals surface area contributed by atoms with Crippen molar-refractivity contribution in [2.45, 2.75) is 128 Å². The number of likely N-dealkylation sites (tertiary alicyclic amines) is 1. The van der Waals surface area contributed by atoms with E-state index in [2.05, 4.69) is 36.9 Å². The van der Waals surface area contributed by atoms with Gasteiger partial charge in [0.1, 0.15) is 29.9 Å². The normalized spacial score (nSPS) is 19.5. The standard InChI is InChI=1S/C61H73F3N10O10/c1-35(2)23-47(57(81)70-48(29-40-32-66-46-14-9-8-13-44(40)46)56(80)67-31-39-24-36(3)25-42(26-39)61(62,63)64)71-58(82)50-15-10-22-74(50)59(83)41-30-53(77)51(28-37-11-6-5-7-12-37)73(4)54(78)21-20-52(76)49(34-69-60(84)68-33-41)72-55(79)45(65)27-38-16-18-43(75)19-17-38/h5-9,11-14,16-19,24-26,32,35,41,45,47-51,66,75H,10,15,20-23,27-31,33-34,65H2,1-4H3,(H,67,80)(H,70,81)(H,71,82)(H,72,79)(H2,68,69,84)/t41-,45-,47-,48-,49+,50-,51-/m0/s1. The number of phenols is 1. The molecule has 8 amide bonds. The highest BCUT2D eigenvalue weighted by Crippen LogP contribution is 2.31. The molecular weight excluding hydrogens is 1090 g/mol. The van der Waals surface area contributed by atoms with Gasteiger partial charge in [0.25, 0.3) is 0 Å². The average molecular weight is 1160 g/mol. The van der Waals surface area contributed by atoms with Crippen molar-refractivity contribution in [3.63, 3.8) is 0 Å². The minimum atomic E-state index is -4.63. The number of Topliss-reactive ketones (excluding diaryl/α,β-unsaturated/α-hetero) is 2. The number of nitrogens with zero attached hydrogens (tertiary/aromatic N) is 2. The van der Waals surface area contributed by atoms with E-state index < -0.39 is 126 Å². The molecule has 7 rings (SSSR count). The van der Waals surface area contributed by atoms with Gasteiger partial charge >= 0.3 is 12.2 Å². The van der Waals surface area contributed by atoms with Crippen LogP contribution < -0.4 is 37.6 Å². The lowest BCUT2D eigenvalue weighted by Gasteiger charge is -2.32. The fourth-order valence-corrected chi connectivity index (χ4v) is 10.6. The van der Waals surface area contributed by atoms with Crippen molar-refractivity contribution in [3.8, 4) is 5.75 Å². The number of aromatic nitrogens is 1. The molecular formula is C61H73F3N10O10. The molecule has 3 heterocycles. The van der Waals surface area contributed by atoms with Gasteiger partial charge in [-0.25, -0.2) is 4.79 Å². The first kappa shape index (κ1) is 63.0. The van der Waals surface area contributed by atoms with Crippen molar-refractivity contribution in [1.29, 1.82) is 0 Å². The van der Waals surface area contributed by atoms with Crippen LogP contribution in [0.15, 0.2) is 103 Å². The lowest BCUT2D eigenvalue weighted by Crippen LogP contribution is -2.57. The Kier molecular flexibility index (Phi) is 21.4. The zero-order chi connectivity index (χ0) is 60.8. The Balaban J connectivity index is 1.10. The summed E-state index contributed by atoms with van der Waals surface area (Å²) in [4.78, 5) is 133. The molecule has 448 valence electrons. The molecule has 2 aliphatic heterocycles. The highest BCUT2D eigenvalue weighted by Gasteiger charge is 2.41. The van der Waals surface area contributed by atoms with Gasteiger partial charge in [0, 0.05) is 76.0 Å². The molecule has 0 radical (unpaired) electrons. The smallest absolute Gasteiger partial charge is 0.416 e. The van der Waals surface area contributed by atoms with Crippen molar-refractivity contribution >= 4 is 63.9 Å². The van der Waals surface area contributed by atoms with Crippen LogP contribution in [0.4, 0.5) is 18.0 Å². The molecule has 84 heavy (non-hydrogen) atoms. The average Bonchev–Trinajstić information content (AvgIpc) is 3.98. The number of aromatic amines is 1. The maximum Gasteiger partial charge on any atom is 0.416 e. The number of ketones is 2. The number of H-pyrrole nitrogens is 1. The Hall–Kier alpha value is -8.60. The van der Waals surface area contributed by atoms with E-state index in [1.807, 2.05) is 32.0 Å². The SMILES string of the molecule is Cc1cc(CNC(=O)[C@H](Cc2c[nH]c3ccccc23)NC(=O)[C@H](CC(C)C)NC(=O)[C@@H]2CCCN2C(=O)[C@@H]2CNC(=O)NC[C@@H](NC(=O)[C@@H](N)Cc3ccc(O)cc3)C(=O)CCC(=O)N(C)[C@@H](Cc3ccccc3)C(=O)C2)cc(C(F)(F)F)c1. The highest BCUT2D eigenvalue weighted by atomic mass is 19.4. The van der Waals surface area contributed by atoms with E-state index >= 15 is 0 Å². The molecule has 2 aliphatic rings. The molecule has 0 aliphatic carbocycles. The Morgan fingerprint density at radius 2 is 1.49 bits per heavy atom. The minimum Gasteiger partial charge on any atom is -0.508 e. The quantitative estimate of drug-likeness (QED) is 0.0592. The number of fused-ring (bicyclic) bond motifs is 1. The van der Waals surface area contributed by atoms with Crippen LogP contribution in [0, 0.1) is 18.8 Å². The second-order valence-electron chi connectivity index (χ2n) is 22.1. The number of phenolic OH excluding ortho intramolecular Hbond substituents is 1. The van der Waals surface area contributed by atoms with Crippen LogP contribution in [0.1, 0.15) is 85.8 Å². The number of nitrogens with two attached hydrogens (primary N) is 1. The first-order valence-electron chi connectivity index (χ1n) is 28.1. The predicted molar refractivity (Wildman–Crippen MR) is 305 cm³/mol. The lowest BCUT2D eigenvalue weighted by molar-refractivity contribution is -0.144. The zero-order valence-electron chi connectivity index (χ0n) is 47.4. The van der Waals surface area contributed by atoms with Crippen LogP contribution >= 0.6 is 0 Å². The van der Waals surface area contributed by atoms with Crippen LogP contribution in [0.3, 0.4) is 0 Å². The summed E-state index contributed by atoms with van der Waals surface area (Å²) < 4.78 is 41.3. The van der Waals surface area contributed by atoms with Crippen LogP contribution in [0.2, 0.25) is 0 Å². The number of alkyl halides is 3. The van der Waals surface area contributed by atoms with Gasteiger partial charge in [0.05, 0.1) is 23.6 Å². The van der Waals surface area contributed by atoms with Gasteiger partial charge in [-0.2, -0.15) is 13.2 Å². The fourth-order valence-electron chi connectivity index (χ4n) is 10.6. The number of rotatable bonds is 18. The number of nitrogens with one attached hydrogen (secondary N) is 7. The van der Waals surface area contributed by atoms with Gasteiger partial charge in [0.15, 0.2) is 11.6 Å². The number of urea groups is 1. The van der Waals surface area contributed by atoms with Crippen LogP contribution in [0.5, 0.6) is 5.75 Å². The van der Waals surface area contributed by atoms with Crippen LogP contribution in [0.25, 0.3) is 10.9 Å². The molecule has 20 nitrogen and oxygen atoms in total. The number of hydrogen-bond acceptors (Lipinski definition) is 11. The number of likely N-dealkylation sites (N-methyl/N-ethyl adjacent to an activating group) is 1. The van der Waals surface area contributed by atoms with E-state index in [1.54, 1.807) is 54.7 Å². The summed E-state index contributed by atoms with van der Waals surface area (Å²) in [5.41, 5.74) is 8.57. The van der Waals surface area contributed by atoms with E-state index in [4.69, 9.17) is 5.73 Å². The maximum atomic E-state index is 15.0. The van der Waals surface area contributed by atoms with Crippen LogP contribution in [-0.2, 0) is 70.3 Å².